The summed E-state index contributed by atoms with van der Waals surface area (Å²) in [4.78, 5) is 4.57. The molecule has 4 heteroatoms. The molecule has 0 bridgehead atoms. The molecular formula is C16H21N3O. The summed E-state index contributed by atoms with van der Waals surface area (Å²) in [6, 6.07) is 8.39. The van der Waals surface area contributed by atoms with E-state index in [1.165, 1.54) is 11.1 Å². The number of nitrogens with zero attached hydrogens (tertiary/aromatic N) is 2. The van der Waals surface area contributed by atoms with Crippen molar-refractivity contribution in [1.29, 1.82) is 0 Å². The first-order chi connectivity index (χ1) is 9.58. The van der Waals surface area contributed by atoms with Crippen molar-refractivity contribution in [3.05, 3.63) is 47.1 Å². The molecule has 2 aromatic rings. The lowest BCUT2D eigenvalue weighted by Gasteiger charge is -2.17. The number of hydrogen-bond donors (Lipinski definition) is 1. The summed E-state index contributed by atoms with van der Waals surface area (Å²) in [6.45, 7) is 4.17. The second-order valence-electron chi connectivity index (χ2n) is 5.96. The van der Waals surface area contributed by atoms with Gasteiger partial charge in [-0.25, -0.2) is 0 Å². The van der Waals surface area contributed by atoms with Gasteiger partial charge in [-0.2, -0.15) is 4.98 Å². The third kappa shape index (κ3) is 2.36. The highest BCUT2D eigenvalue weighted by atomic mass is 16.5. The third-order valence-corrected chi connectivity index (χ3v) is 4.30. The molecule has 1 aliphatic rings. The van der Waals surface area contributed by atoms with Crippen LogP contribution in [0.1, 0.15) is 61.4 Å². The van der Waals surface area contributed by atoms with Crippen molar-refractivity contribution in [3.63, 3.8) is 0 Å². The lowest BCUT2D eigenvalue weighted by molar-refractivity contribution is 0.344. The molecule has 1 atom stereocenters. The van der Waals surface area contributed by atoms with E-state index in [1.807, 2.05) is 0 Å². The first-order valence-corrected chi connectivity index (χ1v) is 7.28. The van der Waals surface area contributed by atoms with Gasteiger partial charge in [-0.1, -0.05) is 47.8 Å². The lowest BCUT2D eigenvalue weighted by atomic mass is 9.97. The number of rotatable bonds is 3. The molecule has 4 nitrogen and oxygen atoms in total. The summed E-state index contributed by atoms with van der Waals surface area (Å²) in [5.41, 5.74) is 8.42. The van der Waals surface area contributed by atoms with Gasteiger partial charge >= 0.3 is 0 Å². The Morgan fingerprint density at radius 1 is 1.30 bits per heavy atom. The Morgan fingerprint density at radius 3 is 2.75 bits per heavy atom. The van der Waals surface area contributed by atoms with Crippen molar-refractivity contribution < 1.29 is 4.52 Å². The minimum atomic E-state index is -0.381. The van der Waals surface area contributed by atoms with E-state index in [0.717, 1.165) is 25.7 Å². The molecule has 20 heavy (non-hydrogen) atoms. The molecule has 1 heterocycles. The quantitative estimate of drug-likeness (QED) is 0.930. The van der Waals surface area contributed by atoms with Crippen LogP contribution >= 0.6 is 0 Å². The zero-order valence-corrected chi connectivity index (χ0v) is 12.1. The van der Waals surface area contributed by atoms with Crippen molar-refractivity contribution in [2.75, 3.05) is 0 Å². The highest BCUT2D eigenvalue weighted by Gasteiger charge is 2.36. The normalized spacial score (nSPS) is 19.1. The average Bonchev–Trinajstić information content (AvgIpc) is 3.07. The van der Waals surface area contributed by atoms with Gasteiger partial charge in [0.15, 0.2) is 5.82 Å². The van der Waals surface area contributed by atoms with Crippen LogP contribution < -0.4 is 5.73 Å². The van der Waals surface area contributed by atoms with Gasteiger partial charge in [-0.3, -0.25) is 0 Å². The predicted molar refractivity (Wildman–Crippen MR) is 77.3 cm³/mol. The second-order valence-corrected chi connectivity index (χ2v) is 5.96. The standard InChI is InChI=1S/C16H21N3O/c1-11-6-5-7-13(10-11)12(2)14-18-15(19-20-14)16(17)8-3-4-9-16/h5-7,10,12H,3-4,8-9,17H2,1-2H3. The van der Waals surface area contributed by atoms with Crippen molar-refractivity contribution in [2.24, 2.45) is 5.73 Å². The summed E-state index contributed by atoms with van der Waals surface area (Å²) in [5, 5.41) is 4.13. The highest BCUT2D eigenvalue weighted by molar-refractivity contribution is 5.28. The molecule has 1 aliphatic carbocycles. The molecule has 0 saturated heterocycles. The maximum absolute atomic E-state index is 6.37. The van der Waals surface area contributed by atoms with Crippen molar-refractivity contribution in [2.45, 2.75) is 51.0 Å². The monoisotopic (exact) mass is 271 g/mol. The number of benzene rings is 1. The largest absolute Gasteiger partial charge is 0.339 e. The fourth-order valence-corrected chi connectivity index (χ4v) is 2.92. The number of aryl methyl sites for hydroxylation is 1. The molecule has 0 amide bonds. The zero-order valence-electron chi connectivity index (χ0n) is 12.1. The topological polar surface area (TPSA) is 64.9 Å². The second kappa shape index (κ2) is 5.02. The van der Waals surface area contributed by atoms with Gasteiger partial charge in [0.1, 0.15) is 0 Å². The maximum Gasteiger partial charge on any atom is 0.233 e. The molecule has 0 aliphatic heterocycles. The summed E-state index contributed by atoms with van der Waals surface area (Å²) in [7, 11) is 0. The van der Waals surface area contributed by atoms with E-state index in [4.69, 9.17) is 10.3 Å². The number of hydrogen-bond acceptors (Lipinski definition) is 4. The molecule has 1 unspecified atom stereocenters. The molecular weight excluding hydrogens is 250 g/mol. The van der Waals surface area contributed by atoms with Crippen LogP contribution in [0.3, 0.4) is 0 Å². The number of nitrogens with two attached hydrogens (primary N) is 1. The third-order valence-electron chi connectivity index (χ3n) is 4.30. The van der Waals surface area contributed by atoms with Gasteiger partial charge < -0.3 is 10.3 Å². The van der Waals surface area contributed by atoms with Crippen molar-refractivity contribution in [1.82, 2.24) is 10.1 Å². The molecule has 0 spiro atoms. The van der Waals surface area contributed by atoms with Gasteiger partial charge in [-0.15, -0.1) is 0 Å². The lowest BCUT2D eigenvalue weighted by Crippen LogP contribution is -2.34. The molecule has 2 N–H and O–H groups in total. The maximum atomic E-state index is 6.37. The van der Waals surface area contributed by atoms with Crippen LogP contribution in [0.5, 0.6) is 0 Å². The number of aromatic nitrogens is 2. The minimum absolute atomic E-state index is 0.0983. The average molecular weight is 271 g/mol. The van der Waals surface area contributed by atoms with Crippen LogP contribution in [0, 0.1) is 6.92 Å². The Morgan fingerprint density at radius 2 is 2.05 bits per heavy atom. The Bertz CT molecular complexity index is 599. The highest BCUT2D eigenvalue weighted by Crippen LogP contribution is 2.35. The van der Waals surface area contributed by atoms with E-state index in [9.17, 15) is 0 Å². The molecule has 106 valence electrons. The molecule has 1 aromatic heterocycles. The summed E-state index contributed by atoms with van der Waals surface area (Å²) >= 11 is 0. The van der Waals surface area contributed by atoms with E-state index >= 15 is 0 Å². The van der Waals surface area contributed by atoms with Crippen molar-refractivity contribution >= 4 is 0 Å². The fraction of sp³-hybridized carbons (Fsp3) is 0.500. The smallest absolute Gasteiger partial charge is 0.233 e. The van der Waals surface area contributed by atoms with E-state index in [0.29, 0.717) is 11.7 Å². The molecule has 3 rings (SSSR count). The van der Waals surface area contributed by atoms with Crippen LogP contribution in [0.15, 0.2) is 28.8 Å². The fourth-order valence-electron chi connectivity index (χ4n) is 2.92. The van der Waals surface area contributed by atoms with Gasteiger partial charge in [0.2, 0.25) is 5.89 Å². The van der Waals surface area contributed by atoms with E-state index in [2.05, 4.69) is 48.3 Å². The summed E-state index contributed by atoms with van der Waals surface area (Å²) < 4.78 is 5.46. The summed E-state index contributed by atoms with van der Waals surface area (Å²) in [5.74, 6) is 1.42. The first-order valence-electron chi connectivity index (χ1n) is 7.28. The van der Waals surface area contributed by atoms with Crippen LogP contribution in [-0.4, -0.2) is 10.1 Å². The van der Waals surface area contributed by atoms with Gasteiger partial charge in [0.05, 0.1) is 11.5 Å². The Labute approximate surface area is 119 Å². The van der Waals surface area contributed by atoms with Gasteiger partial charge in [0.25, 0.3) is 0 Å². The van der Waals surface area contributed by atoms with E-state index < -0.39 is 0 Å². The predicted octanol–water partition coefficient (Wildman–Crippen LogP) is 3.26. The van der Waals surface area contributed by atoms with E-state index in [1.54, 1.807) is 0 Å². The van der Waals surface area contributed by atoms with Crippen LogP contribution in [0.25, 0.3) is 0 Å². The Kier molecular flexibility index (Phi) is 3.34. The Balaban J connectivity index is 1.86. The molecule has 0 radical (unpaired) electrons. The first kappa shape index (κ1) is 13.3. The van der Waals surface area contributed by atoms with E-state index in [-0.39, 0.29) is 11.5 Å². The van der Waals surface area contributed by atoms with Gasteiger partial charge in [-0.05, 0) is 32.3 Å². The molecule has 1 fully saturated rings. The van der Waals surface area contributed by atoms with Crippen LogP contribution in [0.2, 0.25) is 0 Å². The van der Waals surface area contributed by atoms with Crippen molar-refractivity contribution in [3.8, 4) is 0 Å². The molecule has 1 aromatic carbocycles. The zero-order chi connectivity index (χ0) is 14.2. The van der Waals surface area contributed by atoms with Gasteiger partial charge in [0, 0.05) is 0 Å². The minimum Gasteiger partial charge on any atom is -0.339 e. The SMILES string of the molecule is Cc1cccc(C(C)c2nc(C3(N)CCCC3)no2)c1. The summed E-state index contributed by atoms with van der Waals surface area (Å²) in [6.07, 6.45) is 4.19. The van der Waals surface area contributed by atoms with Crippen LogP contribution in [-0.2, 0) is 5.54 Å². The molecule has 1 saturated carbocycles. The van der Waals surface area contributed by atoms with Crippen LogP contribution in [0.4, 0.5) is 0 Å². The Hall–Kier alpha value is -1.68.